The average Bonchev–Trinajstić information content (AvgIpc) is 2.55. The van der Waals surface area contributed by atoms with Crippen molar-refractivity contribution in [3.63, 3.8) is 0 Å². The highest BCUT2D eigenvalue weighted by molar-refractivity contribution is 5.26. The van der Waals surface area contributed by atoms with Crippen molar-refractivity contribution >= 4 is 0 Å². The molecule has 1 aliphatic heterocycles. The van der Waals surface area contributed by atoms with Gasteiger partial charge in [0.15, 0.2) is 0 Å². The van der Waals surface area contributed by atoms with Crippen LogP contribution < -0.4 is 15.0 Å². The van der Waals surface area contributed by atoms with Crippen LogP contribution in [0.1, 0.15) is 12.0 Å². The van der Waals surface area contributed by atoms with Gasteiger partial charge in [0.2, 0.25) is 0 Å². The van der Waals surface area contributed by atoms with Crippen molar-refractivity contribution in [1.82, 2.24) is 0 Å². The van der Waals surface area contributed by atoms with Crippen molar-refractivity contribution in [1.29, 1.82) is 0 Å². The van der Waals surface area contributed by atoms with Crippen LogP contribution in [0.5, 0.6) is 5.75 Å². The van der Waals surface area contributed by atoms with Gasteiger partial charge in [-0.1, -0.05) is 17.7 Å². The van der Waals surface area contributed by atoms with E-state index >= 15 is 0 Å². The molecule has 1 heterocycles. The minimum atomic E-state index is -0.419. The first kappa shape index (κ1) is 17.2. The zero-order valence-corrected chi connectivity index (χ0v) is 13.6. The summed E-state index contributed by atoms with van der Waals surface area (Å²) in [6, 6.07) is 7.91. The number of nitrogens with one attached hydrogen (secondary N) is 1. The highest BCUT2D eigenvalue weighted by Gasteiger charge is 2.13. The molecular weight excluding hydrogens is 280 g/mol. The Balaban J connectivity index is 1.48. The largest absolute Gasteiger partial charge is 0.491 e. The Kier molecular flexibility index (Phi) is 7.66. The van der Waals surface area contributed by atoms with Crippen LogP contribution in [-0.4, -0.2) is 63.8 Å². The number of aliphatic hydroxyl groups is 1. The molecule has 0 radical (unpaired) electrons. The monoisotopic (exact) mass is 310 g/mol. The molecule has 5 nitrogen and oxygen atoms in total. The number of quaternary nitrogens is 2. The van der Waals surface area contributed by atoms with Crippen molar-refractivity contribution in [2.75, 3.05) is 52.5 Å². The van der Waals surface area contributed by atoms with E-state index < -0.39 is 6.10 Å². The van der Waals surface area contributed by atoms with Crippen LogP contribution in [0, 0.1) is 6.92 Å². The van der Waals surface area contributed by atoms with Crippen molar-refractivity contribution in [3.8, 4) is 5.75 Å². The molecule has 1 aromatic carbocycles. The van der Waals surface area contributed by atoms with E-state index in [0.717, 1.165) is 38.6 Å². The van der Waals surface area contributed by atoms with Crippen LogP contribution in [0.3, 0.4) is 0 Å². The Morgan fingerprint density at radius 1 is 1.27 bits per heavy atom. The number of morpholine rings is 1. The lowest BCUT2D eigenvalue weighted by atomic mass is 10.2. The van der Waals surface area contributed by atoms with E-state index in [-0.39, 0.29) is 0 Å². The molecule has 0 unspecified atom stereocenters. The number of ether oxygens (including phenoxy) is 2. The molecule has 5 heteroatoms. The Morgan fingerprint density at radius 3 is 2.73 bits per heavy atom. The smallest absolute Gasteiger partial charge is 0.137 e. The number of benzene rings is 1. The number of aryl methyl sites for hydroxylation is 1. The summed E-state index contributed by atoms with van der Waals surface area (Å²) >= 11 is 0. The molecule has 0 saturated carbocycles. The number of rotatable bonds is 9. The second kappa shape index (κ2) is 9.79. The Bertz CT molecular complexity index is 405. The third kappa shape index (κ3) is 6.75. The maximum absolute atomic E-state index is 9.94. The molecule has 1 saturated heterocycles. The van der Waals surface area contributed by atoms with Gasteiger partial charge < -0.3 is 24.8 Å². The fraction of sp³-hybridized carbons (Fsp3) is 0.647. The third-order valence-electron chi connectivity index (χ3n) is 4.04. The first-order chi connectivity index (χ1) is 10.7. The molecule has 0 aromatic heterocycles. The van der Waals surface area contributed by atoms with Crippen LogP contribution in [0.4, 0.5) is 0 Å². The molecule has 1 fully saturated rings. The Morgan fingerprint density at radius 2 is 2.00 bits per heavy atom. The van der Waals surface area contributed by atoms with E-state index in [4.69, 9.17) is 9.47 Å². The zero-order chi connectivity index (χ0) is 15.6. The zero-order valence-electron chi connectivity index (χ0n) is 13.6. The summed E-state index contributed by atoms with van der Waals surface area (Å²) in [5, 5.41) is 12.1. The van der Waals surface area contributed by atoms with Gasteiger partial charge in [0.25, 0.3) is 0 Å². The predicted molar refractivity (Wildman–Crippen MR) is 85.3 cm³/mol. The maximum Gasteiger partial charge on any atom is 0.137 e. The fourth-order valence-electron chi connectivity index (χ4n) is 2.61. The minimum absolute atomic E-state index is 0.355. The topological polar surface area (TPSA) is 59.7 Å². The summed E-state index contributed by atoms with van der Waals surface area (Å²) in [6.45, 7) is 9.43. The lowest BCUT2D eigenvalue weighted by Gasteiger charge is -2.23. The van der Waals surface area contributed by atoms with Gasteiger partial charge in [-0.3, -0.25) is 0 Å². The molecular formula is C17H30N2O3+2. The number of nitrogens with two attached hydrogens (primary N) is 1. The molecule has 1 atom stereocenters. The van der Waals surface area contributed by atoms with Gasteiger partial charge in [0.05, 0.1) is 26.3 Å². The van der Waals surface area contributed by atoms with E-state index in [9.17, 15) is 5.11 Å². The number of hydrogen-bond donors (Lipinski definition) is 3. The fourth-order valence-corrected chi connectivity index (χ4v) is 2.61. The summed E-state index contributed by atoms with van der Waals surface area (Å²) < 4.78 is 10.9. The standard InChI is InChI=1S/C17H28N2O3/c1-15-3-5-17(6-4-15)22-14-16(20)13-18-7-2-8-19-9-11-21-12-10-19/h3-6,16,18,20H,2,7-14H2,1H3/p+2/t16-/m1/s1. The maximum atomic E-state index is 9.94. The number of hydrogen-bond acceptors (Lipinski definition) is 3. The first-order valence-corrected chi connectivity index (χ1v) is 8.34. The van der Waals surface area contributed by atoms with E-state index in [1.165, 1.54) is 18.5 Å². The van der Waals surface area contributed by atoms with Gasteiger partial charge in [-0.15, -0.1) is 0 Å². The summed E-state index contributed by atoms with van der Waals surface area (Å²) in [5.74, 6) is 0.820. The Labute approximate surface area is 133 Å². The molecule has 124 valence electrons. The highest BCUT2D eigenvalue weighted by Crippen LogP contribution is 2.11. The SMILES string of the molecule is Cc1ccc(OC[C@H](O)C[NH2+]CCC[NH+]2CCOCC2)cc1. The van der Waals surface area contributed by atoms with Gasteiger partial charge in [0.1, 0.15) is 38.1 Å². The molecule has 0 amide bonds. The molecule has 2 rings (SSSR count). The summed E-state index contributed by atoms with van der Waals surface area (Å²) in [5.41, 5.74) is 1.21. The van der Waals surface area contributed by atoms with Gasteiger partial charge in [0, 0.05) is 6.42 Å². The van der Waals surface area contributed by atoms with Crippen LogP contribution in [0.15, 0.2) is 24.3 Å². The average molecular weight is 310 g/mol. The molecule has 0 bridgehead atoms. The van der Waals surface area contributed by atoms with E-state index in [0.29, 0.717) is 13.2 Å². The van der Waals surface area contributed by atoms with Crippen molar-refractivity contribution in [2.24, 2.45) is 0 Å². The quantitative estimate of drug-likeness (QED) is 0.492. The van der Waals surface area contributed by atoms with Gasteiger partial charge in [-0.25, -0.2) is 0 Å². The molecule has 22 heavy (non-hydrogen) atoms. The second-order valence-corrected chi connectivity index (χ2v) is 6.06. The van der Waals surface area contributed by atoms with Gasteiger partial charge in [-0.2, -0.15) is 0 Å². The van der Waals surface area contributed by atoms with Crippen LogP contribution in [0.2, 0.25) is 0 Å². The van der Waals surface area contributed by atoms with Crippen LogP contribution >= 0.6 is 0 Å². The van der Waals surface area contributed by atoms with Crippen molar-refractivity contribution < 1.29 is 24.8 Å². The molecule has 1 aromatic rings. The van der Waals surface area contributed by atoms with Crippen LogP contribution in [-0.2, 0) is 4.74 Å². The van der Waals surface area contributed by atoms with Gasteiger partial charge in [-0.05, 0) is 19.1 Å². The normalized spacial score (nSPS) is 17.4. The lowest BCUT2D eigenvalue weighted by Crippen LogP contribution is -3.14. The number of aliphatic hydroxyl groups excluding tert-OH is 1. The summed E-state index contributed by atoms with van der Waals surface area (Å²) in [4.78, 5) is 1.64. The van der Waals surface area contributed by atoms with Gasteiger partial charge >= 0.3 is 0 Å². The van der Waals surface area contributed by atoms with E-state index in [1.54, 1.807) is 4.90 Å². The predicted octanol–water partition coefficient (Wildman–Crippen LogP) is -1.40. The van der Waals surface area contributed by atoms with Crippen molar-refractivity contribution in [3.05, 3.63) is 29.8 Å². The summed E-state index contributed by atoms with van der Waals surface area (Å²) in [6.07, 6.45) is 0.762. The molecule has 4 N–H and O–H groups in total. The van der Waals surface area contributed by atoms with Crippen molar-refractivity contribution in [2.45, 2.75) is 19.4 Å². The molecule has 1 aliphatic rings. The Hall–Kier alpha value is -1.14. The third-order valence-corrected chi connectivity index (χ3v) is 4.04. The highest BCUT2D eigenvalue weighted by atomic mass is 16.5. The molecule has 0 aliphatic carbocycles. The minimum Gasteiger partial charge on any atom is -0.491 e. The first-order valence-electron chi connectivity index (χ1n) is 8.34. The lowest BCUT2D eigenvalue weighted by molar-refractivity contribution is -0.909. The van der Waals surface area contributed by atoms with E-state index in [2.05, 4.69) is 5.32 Å². The molecule has 0 spiro atoms. The van der Waals surface area contributed by atoms with Crippen LogP contribution in [0.25, 0.3) is 0 Å². The van der Waals surface area contributed by atoms with E-state index in [1.807, 2.05) is 31.2 Å². The summed E-state index contributed by atoms with van der Waals surface area (Å²) in [7, 11) is 0. The second-order valence-electron chi connectivity index (χ2n) is 6.06.